The lowest BCUT2D eigenvalue weighted by Crippen LogP contribution is -2.21. The standard InChI is InChI=1S/C28H21F3N2O4/c29-28(30,31)22-9-5-4-8-20(22)23-13-17-10-11-18(12-21(17)25(34)33-23)24-19(14-32-26(24)35)15-37-27(36)16-6-2-1-3-7-16/h1-13,19,24H,14-15H2,(H,32,35)(H,33,34)/t19?,24-/m0/s1. The van der Waals surface area contributed by atoms with Crippen molar-refractivity contribution < 1.29 is 27.5 Å². The van der Waals surface area contributed by atoms with E-state index in [0.29, 0.717) is 23.1 Å². The molecule has 0 radical (unpaired) electrons. The van der Waals surface area contributed by atoms with E-state index < -0.39 is 29.2 Å². The minimum atomic E-state index is -4.58. The third-order valence-corrected chi connectivity index (χ3v) is 6.48. The van der Waals surface area contributed by atoms with Crippen molar-refractivity contribution >= 4 is 22.6 Å². The van der Waals surface area contributed by atoms with Gasteiger partial charge in [-0.3, -0.25) is 9.59 Å². The molecule has 1 aliphatic rings. The van der Waals surface area contributed by atoms with Crippen LogP contribution in [0.5, 0.6) is 0 Å². The van der Waals surface area contributed by atoms with Crippen LogP contribution in [0.25, 0.3) is 22.0 Å². The fraction of sp³-hybridized carbons (Fsp3) is 0.179. The molecule has 2 atom stereocenters. The molecule has 1 saturated heterocycles. The number of hydrogen-bond donors (Lipinski definition) is 2. The number of rotatable bonds is 5. The van der Waals surface area contributed by atoms with Crippen LogP contribution in [0.1, 0.15) is 27.4 Å². The van der Waals surface area contributed by atoms with Crippen LogP contribution in [-0.4, -0.2) is 30.0 Å². The van der Waals surface area contributed by atoms with Crippen molar-refractivity contribution in [2.75, 3.05) is 13.2 Å². The number of carbonyl (C=O) groups is 2. The molecule has 0 saturated carbocycles. The maximum atomic E-state index is 13.5. The molecule has 0 spiro atoms. The summed E-state index contributed by atoms with van der Waals surface area (Å²) in [7, 11) is 0. The van der Waals surface area contributed by atoms with Gasteiger partial charge in [0.15, 0.2) is 0 Å². The summed E-state index contributed by atoms with van der Waals surface area (Å²) in [4.78, 5) is 40.5. The number of carbonyl (C=O) groups excluding carboxylic acids is 2. The number of esters is 1. The van der Waals surface area contributed by atoms with Gasteiger partial charge in [0, 0.05) is 29.1 Å². The first kappa shape index (κ1) is 24.3. The molecule has 188 valence electrons. The number of aromatic amines is 1. The average molecular weight is 506 g/mol. The fourth-order valence-corrected chi connectivity index (χ4v) is 4.67. The number of aromatic nitrogens is 1. The van der Waals surface area contributed by atoms with Crippen LogP contribution < -0.4 is 10.9 Å². The first-order valence-corrected chi connectivity index (χ1v) is 11.6. The van der Waals surface area contributed by atoms with E-state index in [1.54, 1.807) is 48.5 Å². The zero-order valence-corrected chi connectivity index (χ0v) is 19.3. The minimum Gasteiger partial charge on any atom is -0.462 e. The third kappa shape index (κ3) is 4.84. The Bertz CT molecular complexity index is 1550. The number of nitrogens with one attached hydrogen (secondary N) is 2. The zero-order valence-electron chi connectivity index (χ0n) is 19.3. The number of hydrogen-bond acceptors (Lipinski definition) is 4. The lowest BCUT2D eigenvalue weighted by atomic mass is 9.87. The second-order valence-corrected chi connectivity index (χ2v) is 8.85. The summed E-state index contributed by atoms with van der Waals surface area (Å²) in [6, 6.07) is 19.9. The van der Waals surface area contributed by atoms with E-state index in [-0.39, 0.29) is 35.1 Å². The summed E-state index contributed by atoms with van der Waals surface area (Å²) < 4.78 is 45.9. The molecule has 2 N–H and O–H groups in total. The van der Waals surface area contributed by atoms with Gasteiger partial charge in [0.1, 0.15) is 0 Å². The largest absolute Gasteiger partial charge is 0.462 e. The van der Waals surface area contributed by atoms with E-state index in [1.807, 2.05) is 0 Å². The lowest BCUT2D eigenvalue weighted by molar-refractivity contribution is -0.137. The van der Waals surface area contributed by atoms with E-state index in [2.05, 4.69) is 10.3 Å². The monoisotopic (exact) mass is 506 g/mol. The molecule has 6 nitrogen and oxygen atoms in total. The molecule has 2 heterocycles. The van der Waals surface area contributed by atoms with Gasteiger partial charge in [0.2, 0.25) is 5.91 Å². The number of H-pyrrole nitrogens is 1. The van der Waals surface area contributed by atoms with E-state index in [9.17, 15) is 27.6 Å². The second-order valence-electron chi connectivity index (χ2n) is 8.85. The molecule has 9 heteroatoms. The number of benzene rings is 3. The van der Waals surface area contributed by atoms with Crippen LogP contribution >= 0.6 is 0 Å². The summed E-state index contributed by atoms with van der Waals surface area (Å²) >= 11 is 0. The molecule has 0 bridgehead atoms. The van der Waals surface area contributed by atoms with Crippen molar-refractivity contribution in [1.29, 1.82) is 0 Å². The molecule has 4 aromatic rings. The van der Waals surface area contributed by atoms with E-state index in [4.69, 9.17) is 4.74 Å². The summed E-state index contributed by atoms with van der Waals surface area (Å²) in [5, 5.41) is 3.45. The highest BCUT2D eigenvalue weighted by molar-refractivity contribution is 5.91. The highest BCUT2D eigenvalue weighted by Crippen LogP contribution is 2.37. The SMILES string of the molecule is O=C(OCC1CNC(=O)[C@H]1c1ccc2cc(-c3ccccc3C(F)(F)F)[nH]c(=O)c2c1)c1ccccc1. The fourth-order valence-electron chi connectivity index (χ4n) is 4.67. The smallest absolute Gasteiger partial charge is 0.417 e. The Morgan fingerprint density at radius 2 is 1.68 bits per heavy atom. The van der Waals surface area contributed by atoms with Crippen LogP contribution in [0.2, 0.25) is 0 Å². The van der Waals surface area contributed by atoms with E-state index in [1.165, 1.54) is 24.3 Å². The van der Waals surface area contributed by atoms with Gasteiger partial charge in [0.05, 0.1) is 23.7 Å². The number of alkyl halides is 3. The minimum absolute atomic E-state index is 0.00130. The maximum absolute atomic E-state index is 13.5. The number of pyridine rings is 1. The molecule has 1 aliphatic heterocycles. The first-order valence-electron chi connectivity index (χ1n) is 11.6. The third-order valence-electron chi connectivity index (χ3n) is 6.48. The van der Waals surface area contributed by atoms with Crippen molar-refractivity contribution in [3.05, 3.63) is 106 Å². The average Bonchev–Trinajstić information content (AvgIpc) is 3.27. The molecule has 1 unspecified atom stereocenters. The molecule has 3 aromatic carbocycles. The number of amides is 1. The van der Waals surface area contributed by atoms with Crippen LogP contribution in [0.3, 0.4) is 0 Å². The number of ether oxygens (including phenoxy) is 1. The van der Waals surface area contributed by atoms with Gasteiger partial charge >= 0.3 is 12.1 Å². The molecule has 37 heavy (non-hydrogen) atoms. The Morgan fingerprint density at radius 1 is 0.946 bits per heavy atom. The van der Waals surface area contributed by atoms with Gasteiger partial charge in [0.25, 0.3) is 5.56 Å². The topological polar surface area (TPSA) is 88.3 Å². The highest BCUT2D eigenvalue weighted by Gasteiger charge is 2.37. The maximum Gasteiger partial charge on any atom is 0.417 e. The lowest BCUT2D eigenvalue weighted by Gasteiger charge is -2.18. The normalized spacial score (nSPS) is 17.5. The van der Waals surface area contributed by atoms with Gasteiger partial charge < -0.3 is 15.0 Å². The molecule has 5 rings (SSSR count). The summed E-state index contributed by atoms with van der Waals surface area (Å²) in [6.07, 6.45) is -4.58. The van der Waals surface area contributed by atoms with E-state index >= 15 is 0 Å². The van der Waals surface area contributed by atoms with Crippen LogP contribution in [0.15, 0.2) is 83.7 Å². The van der Waals surface area contributed by atoms with Crippen molar-refractivity contribution in [3.63, 3.8) is 0 Å². The van der Waals surface area contributed by atoms with Crippen molar-refractivity contribution in [3.8, 4) is 11.3 Å². The van der Waals surface area contributed by atoms with E-state index in [0.717, 1.165) is 6.07 Å². The van der Waals surface area contributed by atoms with Gasteiger partial charge in [-0.25, -0.2) is 4.79 Å². The summed E-state index contributed by atoms with van der Waals surface area (Å²) in [5.41, 5.74) is -0.557. The van der Waals surface area contributed by atoms with Crippen molar-refractivity contribution in [2.24, 2.45) is 5.92 Å². The molecule has 1 amide bonds. The number of halogens is 3. The quantitative estimate of drug-likeness (QED) is 0.377. The van der Waals surface area contributed by atoms with Gasteiger partial charge in [-0.05, 0) is 41.3 Å². The molecular formula is C28H21F3N2O4. The van der Waals surface area contributed by atoms with Crippen LogP contribution in [0.4, 0.5) is 13.2 Å². The molecular weight excluding hydrogens is 485 g/mol. The van der Waals surface area contributed by atoms with Crippen LogP contribution in [-0.2, 0) is 15.7 Å². The predicted molar refractivity (Wildman–Crippen MR) is 131 cm³/mol. The Kier molecular flexibility index (Phi) is 6.29. The predicted octanol–water partition coefficient (Wildman–Crippen LogP) is 4.90. The van der Waals surface area contributed by atoms with Gasteiger partial charge in [-0.2, -0.15) is 13.2 Å². The zero-order chi connectivity index (χ0) is 26.2. The summed E-state index contributed by atoms with van der Waals surface area (Å²) in [6.45, 7) is 0.297. The second kappa shape index (κ2) is 9.57. The molecule has 1 aromatic heterocycles. The Balaban J connectivity index is 1.44. The van der Waals surface area contributed by atoms with Crippen LogP contribution in [0, 0.1) is 5.92 Å². The van der Waals surface area contributed by atoms with Crippen molar-refractivity contribution in [1.82, 2.24) is 10.3 Å². The Morgan fingerprint density at radius 3 is 2.43 bits per heavy atom. The first-order chi connectivity index (χ1) is 17.7. The molecule has 0 aliphatic carbocycles. The Hall–Kier alpha value is -4.40. The Labute approximate surface area is 209 Å². The van der Waals surface area contributed by atoms with Gasteiger partial charge in [-0.1, -0.05) is 48.5 Å². The van der Waals surface area contributed by atoms with Crippen molar-refractivity contribution in [2.45, 2.75) is 12.1 Å². The molecule has 1 fully saturated rings. The number of fused-ring (bicyclic) bond motifs is 1. The van der Waals surface area contributed by atoms with Gasteiger partial charge in [-0.15, -0.1) is 0 Å². The summed E-state index contributed by atoms with van der Waals surface area (Å²) in [5.74, 6) is -1.76. The highest BCUT2D eigenvalue weighted by atomic mass is 19.4.